The molecular weight excluding hydrogens is 1650 g/mol. The fraction of sp³-hybridized carbons (Fsp3) is 0.412. The molecule has 1 aliphatic heterocycles. The second kappa shape index (κ2) is 38.6. The Bertz CT molecular complexity index is 5680. The second-order valence-corrected chi connectivity index (χ2v) is 43.3. The number of carbonyl (C=O) groups excluding carboxylic acids is 2. The van der Waals surface area contributed by atoms with Crippen molar-refractivity contribution in [3.05, 3.63) is 187 Å². The summed E-state index contributed by atoms with van der Waals surface area (Å²) in [6.45, 7) is 25.2. The predicted octanol–water partition coefficient (Wildman–Crippen LogP) is 36.3. The van der Waals surface area contributed by atoms with Gasteiger partial charge in [-0.15, -0.1) is 102 Å². The largest absolute Gasteiger partial charge is 0.416 e. The van der Waals surface area contributed by atoms with E-state index in [0.29, 0.717) is 46.2 Å². The first-order chi connectivity index (χ1) is 57.7. The maximum atomic E-state index is 17.4. The van der Waals surface area contributed by atoms with Crippen LogP contribution in [0.2, 0.25) is 0 Å². The first-order valence-corrected chi connectivity index (χ1v) is 51.2. The molecule has 0 aliphatic carbocycles. The quantitative estimate of drug-likeness (QED) is 0.0284. The Balaban J connectivity index is 0.988. The molecule has 2 amide bonds. The van der Waals surface area contributed by atoms with Gasteiger partial charge in [-0.25, -0.2) is 8.78 Å². The minimum atomic E-state index is -4.59. The maximum Gasteiger partial charge on any atom is 0.416 e. The zero-order chi connectivity index (χ0) is 83.5. The van der Waals surface area contributed by atoms with Crippen LogP contribution in [0.5, 0.6) is 0 Å². The average Bonchev–Trinajstić information content (AvgIpc) is 1.55. The van der Waals surface area contributed by atoms with Crippen molar-refractivity contribution in [3.63, 3.8) is 0 Å². The molecule has 14 aromatic rings. The molecule has 0 saturated carbocycles. The number of aryl methyl sites for hydroxylation is 1. The predicted molar refractivity (Wildman–Crippen MR) is 513 cm³/mol. The number of alkyl halides is 3. The van der Waals surface area contributed by atoms with E-state index < -0.39 is 23.4 Å². The Kier molecular flexibility index (Phi) is 28.2. The standard InChI is InChI=1S/C102H110F5NO2S9/c1-12-22-27-60(17-6)48-68-40-44-80(111-68)88-74-54-84(66-34-32-59(11)33-35-66)115-94(74)90(82-46-42-70(113-82)50-62(19-8)29-24-14-3)76-56-86(117-96(76)88)98-92-93(101(110)108(100(92)109)58-64(21-10)31-26-16-5)99(119-98)87-57-77-91(83-47-43-71(114-83)51-63(20-9)30-25-15-4)95-75(89(97(77)118-87)81-45-41-69(112-81)49-61(18-7)28-23-13-2)55-85(116-95)73-53-78(103)72(52-79(73)104)65-36-38-67(39-37-65)102(105,106)107/h32-47,52-57,60-64H,12-31,48-51,58H2,1-11H3. The molecule has 9 aromatic heterocycles. The number of unbranched alkanes of at least 4 members (excludes halogenated alkanes) is 5. The van der Waals surface area contributed by atoms with Gasteiger partial charge in [0.25, 0.3) is 11.8 Å². The summed E-state index contributed by atoms with van der Waals surface area (Å²) >= 11 is 15.8. The van der Waals surface area contributed by atoms with Crippen molar-refractivity contribution in [1.29, 1.82) is 0 Å². The lowest BCUT2D eigenvalue weighted by molar-refractivity contribution is -0.137. The van der Waals surface area contributed by atoms with Crippen LogP contribution in [0.15, 0.2) is 133 Å². The third kappa shape index (κ3) is 18.3. The smallest absolute Gasteiger partial charge is 0.274 e. The number of nitrogens with zero attached hydrogens (tertiary/aromatic N) is 1. The van der Waals surface area contributed by atoms with Gasteiger partial charge in [-0.1, -0.05) is 233 Å². The van der Waals surface area contributed by atoms with Gasteiger partial charge in [0, 0.05) is 139 Å². The molecule has 5 atom stereocenters. The molecule has 0 spiro atoms. The number of imide groups is 1. The summed E-state index contributed by atoms with van der Waals surface area (Å²) in [5.74, 6) is 0.412. The Morgan fingerprint density at radius 2 is 0.647 bits per heavy atom. The van der Waals surface area contributed by atoms with Crippen molar-refractivity contribution in [3.8, 4) is 93.3 Å². The van der Waals surface area contributed by atoms with E-state index in [-0.39, 0.29) is 34.4 Å². The van der Waals surface area contributed by atoms with E-state index >= 15 is 18.4 Å². The van der Waals surface area contributed by atoms with E-state index in [9.17, 15) is 13.2 Å². The molecule has 5 unspecified atom stereocenters. The van der Waals surface area contributed by atoms with Crippen molar-refractivity contribution in [2.75, 3.05) is 6.54 Å². The third-order valence-electron chi connectivity index (χ3n) is 25.1. The number of halogens is 5. The summed E-state index contributed by atoms with van der Waals surface area (Å²) in [6.07, 6.45) is 21.5. The summed E-state index contributed by atoms with van der Waals surface area (Å²) < 4.78 is 80.2. The van der Waals surface area contributed by atoms with Gasteiger partial charge in [0.15, 0.2) is 0 Å². The highest BCUT2D eigenvalue weighted by molar-refractivity contribution is 7.32. The van der Waals surface area contributed by atoms with Gasteiger partial charge in [-0.05, 0) is 177 Å². The molecule has 119 heavy (non-hydrogen) atoms. The lowest BCUT2D eigenvalue weighted by atomic mass is 9.95. The van der Waals surface area contributed by atoms with Gasteiger partial charge >= 0.3 is 6.18 Å². The van der Waals surface area contributed by atoms with E-state index in [1.165, 1.54) is 139 Å². The van der Waals surface area contributed by atoms with Crippen LogP contribution in [0.4, 0.5) is 22.0 Å². The van der Waals surface area contributed by atoms with Crippen LogP contribution in [0, 0.1) is 48.1 Å². The molecular formula is C102H110F5NO2S9. The van der Waals surface area contributed by atoms with Crippen LogP contribution >= 0.6 is 102 Å². The molecule has 0 N–H and O–H groups in total. The summed E-state index contributed by atoms with van der Waals surface area (Å²) in [5.41, 5.74) is 7.01. The molecule has 1 aliphatic rings. The third-order valence-corrected chi connectivity index (χ3v) is 35.9. The number of benzene rings is 5. The van der Waals surface area contributed by atoms with Gasteiger partial charge in [-0.3, -0.25) is 14.5 Å². The average molecular weight is 1770 g/mol. The number of rotatable bonds is 39. The number of amides is 2. The fourth-order valence-corrected chi connectivity index (χ4v) is 29.3. The molecule has 10 heterocycles. The molecule has 17 heteroatoms. The van der Waals surface area contributed by atoms with E-state index in [1.807, 2.05) is 40.1 Å². The van der Waals surface area contributed by atoms with E-state index in [0.717, 1.165) is 200 Å². The van der Waals surface area contributed by atoms with Crippen LogP contribution in [0.1, 0.15) is 249 Å². The van der Waals surface area contributed by atoms with Gasteiger partial charge < -0.3 is 0 Å². The van der Waals surface area contributed by atoms with Crippen LogP contribution in [0.25, 0.3) is 134 Å². The lowest BCUT2D eigenvalue weighted by Crippen LogP contribution is -2.34. The van der Waals surface area contributed by atoms with Gasteiger partial charge in [0.2, 0.25) is 0 Å². The summed E-state index contributed by atoms with van der Waals surface area (Å²) in [4.78, 5) is 49.4. The van der Waals surface area contributed by atoms with E-state index in [2.05, 4.69) is 167 Å². The number of carbonyl (C=O) groups is 2. The van der Waals surface area contributed by atoms with E-state index in [4.69, 9.17) is 0 Å². The first kappa shape index (κ1) is 87.1. The molecule has 0 saturated heterocycles. The monoisotopic (exact) mass is 1760 g/mol. The SMILES string of the molecule is CCCCC(CC)Cc1ccc(-c2c3cc(-c4sc(-c5cc6c(-c7ccc(CC(CC)CCCC)s7)c7sc(-c8cc(F)c(-c9ccc(C(F)(F)F)cc9)cc8F)cc7c(-c7ccc(CC(CC)CCCC)s7)c6s5)c5c4C(=O)N(CC(CC)CCCC)C5=O)sc3c(-c3ccc(CC(CC)CCCC)s3)c3cc(-c4ccc(C)cc4)sc23)s1. The molecule has 0 bridgehead atoms. The minimum Gasteiger partial charge on any atom is -0.274 e. The summed E-state index contributed by atoms with van der Waals surface area (Å²) in [5, 5.41) is 4.28. The van der Waals surface area contributed by atoms with Crippen molar-refractivity contribution in [2.45, 2.75) is 236 Å². The highest BCUT2D eigenvalue weighted by Crippen LogP contribution is 2.60. The van der Waals surface area contributed by atoms with Crippen LogP contribution in [0.3, 0.4) is 0 Å². The highest BCUT2D eigenvalue weighted by atomic mass is 32.1. The Labute approximate surface area is 736 Å². The van der Waals surface area contributed by atoms with Crippen molar-refractivity contribution in [2.24, 2.45) is 29.6 Å². The van der Waals surface area contributed by atoms with Crippen molar-refractivity contribution in [1.82, 2.24) is 4.90 Å². The highest BCUT2D eigenvalue weighted by Gasteiger charge is 2.44. The lowest BCUT2D eigenvalue weighted by Gasteiger charge is -2.21. The zero-order valence-corrected chi connectivity index (χ0v) is 77.9. The van der Waals surface area contributed by atoms with Crippen LogP contribution in [-0.4, -0.2) is 23.3 Å². The molecule has 3 nitrogen and oxygen atoms in total. The number of fused-ring (bicyclic) bond motifs is 5. The van der Waals surface area contributed by atoms with Crippen molar-refractivity contribution < 1.29 is 31.5 Å². The first-order valence-electron chi connectivity index (χ1n) is 43.9. The van der Waals surface area contributed by atoms with Gasteiger partial charge in [0.1, 0.15) is 11.6 Å². The second-order valence-electron chi connectivity index (χ2n) is 33.4. The normalized spacial score (nSPS) is 14.1. The topological polar surface area (TPSA) is 37.4 Å². The molecule has 0 fully saturated rings. The number of thiophene rings is 9. The number of hydrogen-bond donors (Lipinski definition) is 0. The Hall–Kier alpha value is -6.77. The summed E-state index contributed by atoms with van der Waals surface area (Å²) in [7, 11) is 0. The zero-order valence-electron chi connectivity index (χ0n) is 70.6. The minimum absolute atomic E-state index is 0.0651. The van der Waals surface area contributed by atoms with E-state index in [1.54, 1.807) is 61.6 Å². The molecule has 624 valence electrons. The fourth-order valence-electron chi connectivity index (χ4n) is 17.8. The van der Waals surface area contributed by atoms with Gasteiger partial charge in [0.05, 0.1) is 26.4 Å². The molecule has 0 radical (unpaired) electrons. The number of hydrogen-bond acceptors (Lipinski definition) is 11. The van der Waals surface area contributed by atoms with Crippen LogP contribution < -0.4 is 0 Å². The van der Waals surface area contributed by atoms with Crippen molar-refractivity contribution >= 4 is 154 Å². The Morgan fingerprint density at radius 1 is 0.328 bits per heavy atom. The summed E-state index contributed by atoms with van der Waals surface area (Å²) in [6, 6.07) is 43.3. The maximum absolute atomic E-state index is 17.4. The molecule has 15 rings (SSSR count). The Morgan fingerprint density at radius 3 is 1.01 bits per heavy atom. The van der Waals surface area contributed by atoms with Gasteiger partial charge in [-0.2, -0.15) is 13.2 Å². The molecule has 5 aromatic carbocycles. The van der Waals surface area contributed by atoms with Crippen LogP contribution in [-0.2, 0) is 31.9 Å².